The third kappa shape index (κ3) is 4.49. The van der Waals surface area contributed by atoms with Crippen LogP contribution in [0.5, 0.6) is 0 Å². The fourth-order valence-corrected chi connectivity index (χ4v) is 5.08. The number of thioether (sulfide) groups is 1. The summed E-state index contributed by atoms with van der Waals surface area (Å²) in [5.74, 6) is -0.706. The Morgan fingerprint density at radius 1 is 1.13 bits per heavy atom. The Balaban J connectivity index is 1.71. The molecule has 0 unspecified atom stereocenters. The molecule has 3 aromatic rings. The predicted octanol–water partition coefficient (Wildman–Crippen LogP) is 4.26. The molecule has 2 aromatic carbocycles. The summed E-state index contributed by atoms with van der Waals surface area (Å²) in [4.78, 5) is 32.4. The Kier molecular flexibility index (Phi) is 6.09. The van der Waals surface area contributed by atoms with E-state index in [0.29, 0.717) is 35.8 Å². The molecule has 2 atom stereocenters. The number of rotatable bonds is 4. The van der Waals surface area contributed by atoms with Crippen LogP contribution >= 0.6 is 11.8 Å². The van der Waals surface area contributed by atoms with E-state index in [1.165, 1.54) is 6.07 Å². The Hall–Kier alpha value is -2.74. The van der Waals surface area contributed by atoms with Gasteiger partial charge in [0.2, 0.25) is 5.91 Å². The quantitative estimate of drug-likeness (QED) is 0.447. The summed E-state index contributed by atoms with van der Waals surface area (Å²) in [6, 6.07) is 9.80. The van der Waals surface area contributed by atoms with Gasteiger partial charge in [-0.1, -0.05) is 37.7 Å². The largest absolute Gasteiger partial charge is 0.341 e. The molecule has 4 rings (SSSR count). The lowest BCUT2D eigenvalue weighted by Gasteiger charge is -2.35. The first-order valence-electron chi connectivity index (χ1n) is 10.2. The number of benzene rings is 2. The van der Waals surface area contributed by atoms with Gasteiger partial charge in [0.1, 0.15) is 11.6 Å². The smallest absolute Gasteiger partial charge is 0.266 e. The van der Waals surface area contributed by atoms with Crippen LogP contribution in [0.3, 0.4) is 0 Å². The number of hydrogen-bond acceptors (Lipinski definition) is 4. The molecule has 1 aliphatic rings. The summed E-state index contributed by atoms with van der Waals surface area (Å²) in [7, 11) is 0. The van der Waals surface area contributed by atoms with Crippen molar-refractivity contribution in [1.29, 1.82) is 0 Å². The summed E-state index contributed by atoms with van der Waals surface area (Å²) in [6.07, 6.45) is 1.09. The zero-order chi connectivity index (χ0) is 22.1. The lowest BCUT2D eigenvalue weighted by atomic mass is 9.92. The van der Waals surface area contributed by atoms with Crippen LogP contribution in [0, 0.1) is 23.5 Å². The van der Waals surface area contributed by atoms with E-state index < -0.39 is 17.2 Å². The summed E-state index contributed by atoms with van der Waals surface area (Å²) < 4.78 is 29.1. The summed E-state index contributed by atoms with van der Waals surface area (Å²) in [5.41, 5.74) is -0.104. The molecule has 5 nitrogen and oxygen atoms in total. The van der Waals surface area contributed by atoms with E-state index in [1.807, 2.05) is 4.90 Å². The van der Waals surface area contributed by atoms with E-state index in [-0.39, 0.29) is 22.5 Å². The fourth-order valence-electron chi connectivity index (χ4n) is 4.17. The van der Waals surface area contributed by atoms with Crippen molar-refractivity contribution in [3.63, 3.8) is 0 Å². The number of fused-ring (bicyclic) bond motifs is 1. The standard InChI is InChI=1S/C23H23F2N3O2S/c1-14-9-15(2)12-27(11-14)21(29)13-31-23-26-19-6-4-3-5-17(19)22(30)28(23)20-8-7-16(24)10-18(20)25/h3-8,10,14-15H,9,11-13H2,1-2H3/t14-,15-/m0/s1. The van der Waals surface area contributed by atoms with E-state index in [1.54, 1.807) is 24.3 Å². The second-order valence-corrected chi connectivity index (χ2v) is 9.12. The molecule has 2 heterocycles. The number of piperidine rings is 1. The minimum atomic E-state index is -0.869. The molecule has 1 aliphatic heterocycles. The van der Waals surface area contributed by atoms with E-state index in [2.05, 4.69) is 18.8 Å². The van der Waals surface area contributed by atoms with Crippen LogP contribution in [0.2, 0.25) is 0 Å². The van der Waals surface area contributed by atoms with Gasteiger partial charge in [0.05, 0.1) is 22.3 Å². The van der Waals surface area contributed by atoms with Gasteiger partial charge in [-0.25, -0.2) is 13.8 Å². The first kappa shape index (κ1) is 21.5. The molecule has 0 aliphatic carbocycles. The topological polar surface area (TPSA) is 55.2 Å². The molecule has 0 radical (unpaired) electrons. The van der Waals surface area contributed by atoms with Gasteiger partial charge < -0.3 is 4.90 Å². The first-order chi connectivity index (χ1) is 14.8. The summed E-state index contributed by atoms with van der Waals surface area (Å²) >= 11 is 1.09. The number of amides is 1. The van der Waals surface area contributed by atoms with Crippen LogP contribution in [-0.2, 0) is 4.79 Å². The molecular formula is C23H23F2N3O2S. The van der Waals surface area contributed by atoms with Gasteiger partial charge in [0.15, 0.2) is 5.16 Å². The monoisotopic (exact) mass is 443 g/mol. The normalized spacial score (nSPS) is 19.0. The first-order valence-corrected chi connectivity index (χ1v) is 11.2. The van der Waals surface area contributed by atoms with Crippen LogP contribution < -0.4 is 5.56 Å². The van der Waals surface area contributed by atoms with E-state index >= 15 is 0 Å². The van der Waals surface area contributed by atoms with Crippen LogP contribution in [0.4, 0.5) is 8.78 Å². The zero-order valence-corrected chi connectivity index (χ0v) is 18.2. The van der Waals surface area contributed by atoms with Crippen molar-refractivity contribution in [3.05, 3.63) is 64.5 Å². The highest BCUT2D eigenvalue weighted by molar-refractivity contribution is 7.99. The van der Waals surface area contributed by atoms with Crippen LogP contribution in [0.25, 0.3) is 16.6 Å². The van der Waals surface area contributed by atoms with E-state index in [4.69, 9.17) is 0 Å². The average Bonchev–Trinajstić information content (AvgIpc) is 2.72. The molecular weight excluding hydrogens is 420 g/mol. The molecule has 0 saturated carbocycles. The maximum absolute atomic E-state index is 14.6. The van der Waals surface area contributed by atoms with Crippen molar-refractivity contribution >= 4 is 28.6 Å². The maximum atomic E-state index is 14.6. The Bertz CT molecular complexity index is 1190. The second-order valence-electron chi connectivity index (χ2n) is 8.18. The average molecular weight is 444 g/mol. The minimum absolute atomic E-state index is 0.0445. The highest BCUT2D eigenvalue weighted by Gasteiger charge is 2.26. The van der Waals surface area contributed by atoms with Gasteiger partial charge in [-0.15, -0.1) is 0 Å². The summed E-state index contributed by atoms with van der Waals surface area (Å²) in [5, 5.41) is 0.515. The number of likely N-dealkylation sites (tertiary alicyclic amines) is 1. The van der Waals surface area contributed by atoms with Gasteiger partial charge >= 0.3 is 0 Å². The molecule has 31 heavy (non-hydrogen) atoms. The van der Waals surface area contributed by atoms with Crippen molar-refractivity contribution < 1.29 is 13.6 Å². The number of hydrogen-bond donors (Lipinski definition) is 0. The van der Waals surface area contributed by atoms with Crippen molar-refractivity contribution in [3.8, 4) is 5.69 Å². The number of carbonyl (C=O) groups is 1. The van der Waals surface area contributed by atoms with Gasteiger partial charge in [0, 0.05) is 19.2 Å². The molecule has 1 amide bonds. The molecule has 8 heteroatoms. The Labute approximate surface area is 183 Å². The molecule has 0 bridgehead atoms. The van der Waals surface area contributed by atoms with Crippen molar-refractivity contribution in [2.75, 3.05) is 18.8 Å². The lowest BCUT2D eigenvalue weighted by molar-refractivity contribution is -0.130. The third-order valence-corrected chi connectivity index (χ3v) is 6.37. The Morgan fingerprint density at radius 2 is 1.84 bits per heavy atom. The van der Waals surface area contributed by atoms with Crippen molar-refractivity contribution in [1.82, 2.24) is 14.5 Å². The number of para-hydroxylation sites is 1. The van der Waals surface area contributed by atoms with E-state index in [9.17, 15) is 18.4 Å². The van der Waals surface area contributed by atoms with Gasteiger partial charge in [-0.3, -0.25) is 14.2 Å². The zero-order valence-electron chi connectivity index (χ0n) is 17.3. The van der Waals surface area contributed by atoms with E-state index in [0.717, 1.165) is 34.9 Å². The molecule has 1 saturated heterocycles. The summed E-state index contributed by atoms with van der Waals surface area (Å²) in [6.45, 7) is 5.66. The molecule has 0 N–H and O–H groups in total. The predicted molar refractivity (Wildman–Crippen MR) is 118 cm³/mol. The number of halogens is 2. The lowest BCUT2D eigenvalue weighted by Crippen LogP contribution is -2.43. The van der Waals surface area contributed by atoms with Crippen molar-refractivity contribution in [2.45, 2.75) is 25.4 Å². The third-order valence-electron chi connectivity index (χ3n) is 5.44. The molecule has 1 aromatic heterocycles. The molecule has 162 valence electrons. The van der Waals surface area contributed by atoms with Gasteiger partial charge in [0.25, 0.3) is 5.56 Å². The molecule has 1 fully saturated rings. The Morgan fingerprint density at radius 3 is 2.55 bits per heavy atom. The van der Waals surface area contributed by atoms with Crippen LogP contribution in [0.15, 0.2) is 52.4 Å². The second kappa shape index (κ2) is 8.78. The number of carbonyl (C=O) groups excluding carboxylic acids is 1. The van der Waals surface area contributed by atoms with Gasteiger partial charge in [-0.05, 0) is 42.5 Å². The van der Waals surface area contributed by atoms with Crippen molar-refractivity contribution in [2.24, 2.45) is 11.8 Å². The number of nitrogens with zero attached hydrogens (tertiary/aromatic N) is 3. The highest BCUT2D eigenvalue weighted by atomic mass is 32.2. The number of aromatic nitrogens is 2. The fraction of sp³-hybridized carbons (Fsp3) is 0.348. The highest BCUT2D eigenvalue weighted by Crippen LogP contribution is 2.25. The molecule has 0 spiro atoms. The maximum Gasteiger partial charge on any atom is 0.266 e. The SMILES string of the molecule is C[C@H]1C[C@H](C)CN(C(=O)CSc2nc3ccccc3c(=O)n2-c2ccc(F)cc2F)C1. The van der Waals surface area contributed by atoms with Gasteiger partial charge in [-0.2, -0.15) is 0 Å². The van der Waals surface area contributed by atoms with Crippen LogP contribution in [-0.4, -0.2) is 39.2 Å². The van der Waals surface area contributed by atoms with Crippen LogP contribution in [0.1, 0.15) is 20.3 Å². The minimum Gasteiger partial charge on any atom is -0.341 e.